The summed E-state index contributed by atoms with van der Waals surface area (Å²) in [5, 5.41) is 3.92. The molecule has 1 aliphatic rings. The molecule has 1 N–H and O–H groups in total. The summed E-state index contributed by atoms with van der Waals surface area (Å²) in [5.74, 6) is -0.543. The van der Waals surface area contributed by atoms with Crippen molar-refractivity contribution in [3.8, 4) is 0 Å². The monoisotopic (exact) mass is 403 g/mol. The Morgan fingerprint density at radius 2 is 2.22 bits per heavy atom. The highest BCUT2D eigenvalue weighted by Crippen LogP contribution is 2.35. The van der Waals surface area contributed by atoms with E-state index in [1.54, 1.807) is 37.4 Å². The maximum Gasteiger partial charge on any atom is 0.262 e. The van der Waals surface area contributed by atoms with Crippen molar-refractivity contribution in [2.24, 2.45) is 7.05 Å². The lowest BCUT2D eigenvalue weighted by Crippen LogP contribution is -2.21. The molecule has 0 radical (unpaired) electrons. The average molecular weight is 404 g/mol. The third kappa shape index (κ3) is 3.39. The maximum absolute atomic E-state index is 13.6. The molecule has 2 heterocycles. The number of anilines is 1. The fourth-order valence-electron chi connectivity index (χ4n) is 3.23. The second kappa shape index (κ2) is 7.09. The van der Waals surface area contributed by atoms with Crippen LogP contribution in [0.4, 0.5) is 10.1 Å². The largest absolute Gasteiger partial charge is 0.325 e. The van der Waals surface area contributed by atoms with Crippen molar-refractivity contribution in [3.05, 3.63) is 50.4 Å². The highest BCUT2D eigenvalue weighted by atomic mass is 32.2. The molecular formula is C19H18FN3O2S2. The highest BCUT2D eigenvalue weighted by Gasteiger charge is 2.22. The Morgan fingerprint density at radius 1 is 1.41 bits per heavy atom. The standard InChI is InChI=1S/C19H18FN3O2S2/c1-10-6-7-11(8-13(10)20)21-15(24)9-26-19-22-17-16(18(25)23(19)2)12-4-3-5-14(12)27-17/h6-8H,3-5,9H2,1-2H3,(H,21,24). The number of hydrogen-bond donors (Lipinski definition) is 1. The molecule has 1 aromatic carbocycles. The normalized spacial score (nSPS) is 13.1. The summed E-state index contributed by atoms with van der Waals surface area (Å²) in [5.41, 5.74) is 2.04. The molecule has 3 aromatic rings. The minimum absolute atomic E-state index is 0.0529. The predicted molar refractivity (Wildman–Crippen MR) is 107 cm³/mol. The average Bonchev–Trinajstić information content (AvgIpc) is 3.20. The van der Waals surface area contributed by atoms with Gasteiger partial charge in [0, 0.05) is 17.6 Å². The van der Waals surface area contributed by atoms with Gasteiger partial charge in [-0.2, -0.15) is 0 Å². The van der Waals surface area contributed by atoms with E-state index in [4.69, 9.17) is 0 Å². The lowest BCUT2D eigenvalue weighted by molar-refractivity contribution is -0.113. The van der Waals surface area contributed by atoms with E-state index >= 15 is 0 Å². The summed E-state index contributed by atoms with van der Waals surface area (Å²) < 4.78 is 15.1. The Kier molecular flexibility index (Phi) is 4.77. The van der Waals surface area contributed by atoms with Crippen molar-refractivity contribution in [2.45, 2.75) is 31.3 Å². The first-order chi connectivity index (χ1) is 12.9. The summed E-state index contributed by atoms with van der Waals surface area (Å²) in [7, 11) is 1.68. The number of fused-ring (bicyclic) bond motifs is 3. The number of amides is 1. The molecule has 8 heteroatoms. The molecule has 0 atom stereocenters. The predicted octanol–water partition coefficient (Wildman–Crippen LogP) is 3.66. The molecule has 140 valence electrons. The van der Waals surface area contributed by atoms with Gasteiger partial charge in [-0.15, -0.1) is 11.3 Å². The van der Waals surface area contributed by atoms with Crippen molar-refractivity contribution in [1.29, 1.82) is 0 Å². The topological polar surface area (TPSA) is 64.0 Å². The van der Waals surface area contributed by atoms with Gasteiger partial charge in [0.1, 0.15) is 10.6 Å². The molecule has 0 spiro atoms. The van der Waals surface area contributed by atoms with Crippen LogP contribution >= 0.6 is 23.1 Å². The molecule has 0 unspecified atom stereocenters. The van der Waals surface area contributed by atoms with Crippen LogP contribution in [0.2, 0.25) is 0 Å². The number of carbonyl (C=O) groups is 1. The zero-order valence-electron chi connectivity index (χ0n) is 15.0. The number of benzene rings is 1. The van der Waals surface area contributed by atoms with Gasteiger partial charge in [-0.05, 0) is 49.4 Å². The minimum atomic E-state index is -0.360. The van der Waals surface area contributed by atoms with E-state index in [9.17, 15) is 14.0 Å². The number of rotatable bonds is 4. The van der Waals surface area contributed by atoms with E-state index in [1.165, 1.54) is 27.3 Å². The molecule has 0 aliphatic heterocycles. The summed E-state index contributed by atoms with van der Waals surface area (Å²) >= 11 is 2.79. The van der Waals surface area contributed by atoms with E-state index in [1.807, 2.05) is 0 Å². The Morgan fingerprint density at radius 3 is 3.00 bits per heavy atom. The fourth-order valence-corrected chi connectivity index (χ4v) is 5.31. The Hall–Kier alpha value is -2.19. The fraction of sp³-hybridized carbons (Fsp3) is 0.316. The highest BCUT2D eigenvalue weighted by molar-refractivity contribution is 7.99. The van der Waals surface area contributed by atoms with E-state index < -0.39 is 0 Å². The quantitative estimate of drug-likeness (QED) is 0.533. The Balaban J connectivity index is 1.52. The molecular weight excluding hydrogens is 385 g/mol. The van der Waals surface area contributed by atoms with Crippen LogP contribution in [0.3, 0.4) is 0 Å². The number of thioether (sulfide) groups is 1. The van der Waals surface area contributed by atoms with Crippen molar-refractivity contribution in [3.63, 3.8) is 0 Å². The van der Waals surface area contributed by atoms with Gasteiger partial charge in [0.15, 0.2) is 5.16 Å². The number of nitrogens with one attached hydrogen (secondary N) is 1. The maximum atomic E-state index is 13.6. The number of carbonyl (C=O) groups excluding carboxylic acids is 1. The molecule has 27 heavy (non-hydrogen) atoms. The minimum Gasteiger partial charge on any atom is -0.325 e. The number of aryl methyl sites for hydroxylation is 3. The number of aromatic nitrogens is 2. The van der Waals surface area contributed by atoms with Crippen LogP contribution in [0.25, 0.3) is 10.2 Å². The van der Waals surface area contributed by atoms with Gasteiger partial charge >= 0.3 is 0 Å². The molecule has 0 saturated heterocycles. The van der Waals surface area contributed by atoms with Crippen molar-refractivity contribution in [1.82, 2.24) is 9.55 Å². The van der Waals surface area contributed by atoms with Gasteiger partial charge in [0.05, 0.1) is 11.1 Å². The number of thiophene rings is 1. The van der Waals surface area contributed by atoms with Gasteiger partial charge in [-0.3, -0.25) is 14.2 Å². The van der Waals surface area contributed by atoms with Crippen LogP contribution in [0.1, 0.15) is 22.4 Å². The van der Waals surface area contributed by atoms with Gasteiger partial charge < -0.3 is 5.32 Å². The lowest BCUT2D eigenvalue weighted by Gasteiger charge is -2.09. The lowest BCUT2D eigenvalue weighted by atomic mass is 10.2. The molecule has 1 amide bonds. The zero-order valence-corrected chi connectivity index (χ0v) is 16.6. The van der Waals surface area contributed by atoms with Gasteiger partial charge in [-0.1, -0.05) is 17.8 Å². The van der Waals surface area contributed by atoms with Crippen LogP contribution < -0.4 is 10.9 Å². The number of nitrogens with zero attached hydrogens (tertiary/aromatic N) is 2. The van der Waals surface area contributed by atoms with Crippen LogP contribution in [0, 0.1) is 12.7 Å². The molecule has 1 aliphatic carbocycles. The van der Waals surface area contributed by atoms with Gasteiger partial charge in [0.2, 0.25) is 5.91 Å². The number of hydrogen-bond acceptors (Lipinski definition) is 5. The SMILES string of the molecule is Cc1ccc(NC(=O)CSc2nc3sc4c(c3c(=O)n2C)CCC4)cc1F. The molecule has 4 rings (SSSR count). The van der Waals surface area contributed by atoms with Gasteiger partial charge in [-0.25, -0.2) is 9.37 Å². The second-order valence-electron chi connectivity index (χ2n) is 6.60. The molecule has 5 nitrogen and oxygen atoms in total. The van der Waals surface area contributed by atoms with E-state index in [2.05, 4.69) is 10.3 Å². The van der Waals surface area contributed by atoms with Gasteiger partial charge in [0.25, 0.3) is 5.56 Å². The van der Waals surface area contributed by atoms with Crippen LogP contribution in [-0.2, 0) is 24.7 Å². The van der Waals surface area contributed by atoms with E-state index in [0.29, 0.717) is 16.4 Å². The van der Waals surface area contributed by atoms with Crippen LogP contribution in [0.5, 0.6) is 0 Å². The smallest absolute Gasteiger partial charge is 0.262 e. The Labute approximate surface area is 163 Å². The molecule has 0 bridgehead atoms. The van der Waals surface area contributed by atoms with Crippen LogP contribution in [-0.4, -0.2) is 21.2 Å². The molecule has 2 aromatic heterocycles. The first-order valence-corrected chi connectivity index (χ1v) is 10.4. The zero-order chi connectivity index (χ0) is 19.1. The summed E-state index contributed by atoms with van der Waals surface area (Å²) in [6, 6.07) is 4.58. The van der Waals surface area contributed by atoms with Crippen LogP contribution in [0.15, 0.2) is 28.2 Å². The Bertz CT molecular complexity index is 1120. The van der Waals surface area contributed by atoms with E-state index in [0.717, 1.165) is 35.0 Å². The number of halogens is 1. The van der Waals surface area contributed by atoms with Crippen molar-refractivity contribution < 1.29 is 9.18 Å². The summed E-state index contributed by atoms with van der Waals surface area (Å²) in [4.78, 5) is 31.6. The first-order valence-electron chi connectivity index (χ1n) is 8.64. The second-order valence-corrected chi connectivity index (χ2v) is 8.62. The van der Waals surface area contributed by atoms with E-state index in [-0.39, 0.29) is 23.0 Å². The summed E-state index contributed by atoms with van der Waals surface area (Å²) in [6.45, 7) is 1.67. The third-order valence-corrected chi connectivity index (χ3v) is 6.91. The van der Waals surface area contributed by atoms with Crippen molar-refractivity contribution in [2.75, 3.05) is 11.1 Å². The molecule has 0 saturated carbocycles. The molecule has 0 fully saturated rings. The first kappa shape index (κ1) is 18.2. The third-order valence-electron chi connectivity index (χ3n) is 4.69. The van der Waals surface area contributed by atoms with Crippen molar-refractivity contribution >= 4 is 44.9 Å². The summed E-state index contributed by atoms with van der Waals surface area (Å²) in [6.07, 6.45) is 3.04.